The Balaban J connectivity index is 2.06. The van der Waals surface area contributed by atoms with Crippen LogP contribution < -0.4 is 4.72 Å². The first-order valence-corrected chi connectivity index (χ1v) is 11.3. The van der Waals surface area contributed by atoms with Gasteiger partial charge in [0.1, 0.15) is 16.5 Å². The van der Waals surface area contributed by atoms with E-state index >= 15 is 0 Å². The summed E-state index contributed by atoms with van der Waals surface area (Å²) in [5, 5.41) is -0.686. The fourth-order valence-corrected chi connectivity index (χ4v) is 5.16. The number of thioether (sulfide) groups is 1. The van der Waals surface area contributed by atoms with Crippen molar-refractivity contribution in [3.05, 3.63) is 52.3 Å². The molecule has 3 rings (SSSR count). The molecule has 162 valence electrons. The van der Waals surface area contributed by atoms with Gasteiger partial charge in [0, 0.05) is 36.2 Å². The number of amides is 2. The van der Waals surface area contributed by atoms with Gasteiger partial charge in [-0.2, -0.15) is 11.8 Å². The third kappa shape index (κ3) is 4.35. The topological polar surface area (TPSA) is 66.5 Å². The molecule has 0 unspecified atom stereocenters. The van der Waals surface area contributed by atoms with E-state index < -0.39 is 66.2 Å². The Morgan fingerprint density at radius 3 is 2.23 bits per heavy atom. The maximum atomic E-state index is 14.3. The Morgan fingerprint density at radius 2 is 1.60 bits per heavy atom. The first kappa shape index (κ1) is 22.6. The molecule has 1 N–H and O–H groups in total. The zero-order chi connectivity index (χ0) is 22.2. The third-order valence-corrected chi connectivity index (χ3v) is 6.94. The Morgan fingerprint density at radius 1 is 0.967 bits per heavy atom. The van der Waals surface area contributed by atoms with Crippen LogP contribution in [-0.2, 0) is 10.0 Å². The lowest BCUT2D eigenvalue weighted by Gasteiger charge is -2.26. The first-order valence-electron chi connectivity index (χ1n) is 8.25. The van der Waals surface area contributed by atoms with E-state index in [1.165, 1.54) is 4.90 Å². The van der Waals surface area contributed by atoms with E-state index in [-0.39, 0.29) is 6.07 Å². The van der Waals surface area contributed by atoms with Crippen molar-refractivity contribution in [2.24, 2.45) is 0 Å². The molecule has 1 saturated heterocycles. The largest absolute Gasteiger partial charge is 0.331 e. The van der Waals surface area contributed by atoms with E-state index in [1.54, 1.807) is 16.5 Å². The maximum Gasteiger partial charge on any atom is 0.331 e. The highest BCUT2D eigenvalue weighted by Gasteiger charge is 2.29. The van der Waals surface area contributed by atoms with Crippen molar-refractivity contribution >= 4 is 39.4 Å². The fourth-order valence-electron chi connectivity index (χ4n) is 2.74. The summed E-state index contributed by atoms with van der Waals surface area (Å²) in [5.41, 5.74) is -2.34. The van der Waals surface area contributed by atoms with Crippen LogP contribution in [0.25, 0.3) is 11.1 Å². The van der Waals surface area contributed by atoms with Crippen LogP contribution in [0.2, 0.25) is 5.02 Å². The van der Waals surface area contributed by atoms with Crippen LogP contribution in [0.1, 0.15) is 0 Å². The molecule has 1 aliphatic heterocycles. The average Bonchev–Trinajstić information content (AvgIpc) is 2.68. The van der Waals surface area contributed by atoms with Gasteiger partial charge in [-0.3, -0.25) is 0 Å². The number of hydrogen-bond acceptors (Lipinski definition) is 4. The molecular formula is C17H12ClF5N2O3S2. The number of urea groups is 1. The Bertz CT molecular complexity index is 1130. The molecule has 0 spiro atoms. The lowest BCUT2D eigenvalue weighted by molar-refractivity contribution is 0.209. The number of carbonyl (C=O) groups is 1. The van der Waals surface area contributed by atoms with Crippen molar-refractivity contribution in [2.45, 2.75) is 4.90 Å². The summed E-state index contributed by atoms with van der Waals surface area (Å²) in [6.45, 7) is 0.583. The van der Waals surface area contributed by atoms with E-state index in [4.69, 9.17) is 11.6 Å². The molecule has 2 aromatic rings. The highest BCUT2D eigenvalue weighted by atomic mass is 35.5. The number of rotatable bonds is 3. The highest BCUT2D eigenvalue weighted by molar-refractivity contribution is 7.99. The Labute approximate surface area is 177 Å². The van der Waals surface area contributed by atoms with Gasteiger partial charge in [0.05, 0.1) is 10.6 Å². The second kappa shape index (κ2) is 8.60. The average molecular weight is 487 g/mol. The van der Waals surface area contributed by atoms with E-state index in [0.717, 1.165) is 0 Å². The minimum atomic E-state index is -4.69. The minimum absolute atomic E-state index is 0.00783. The fraction of sp³-hybridized carbons (Fsp3) is 0.235. The Kier molecular flexibility index (Phi) is 6.48. The van der Waals surface area contributed by atoms with Crippen molar-refractivity contribution in [3.8, 4) is 11.1 Å². The molecule has 30 heavy (non-hydrogen) atoms. The molecule has 0 radical (unpaired) electrons. The zero-order valence-electron chi connectivity index (χ0n) is 14.8. The van der Waals surface area contributed by atoms with E-state index in [2.05, 4.69) is 0 Å². The summed E-state index contributed by atoms with van der Waals surface area (Å²) in [6.07, 6.45) is 0. The van der Waals surface area contributed by atoms with Crippen LogP contribution in [0.3, 0.4) is 0 Å². The van der Waals surface area contributed by atoms with Gasteiger partial charge in [-0.1, -0.05) is 11.6 Å². The lowest BCUT2D eigenvalue weighted by Crippen LogP contribution is -2.46. The summed E-state index contributed by atoms with van der Waals surface area (Å²) in [6, 6.07) is -0.0832. The van der Waals surface area contributed by atoms with Crippen molar-refractivity contribution in [1.29, 1.82) is 0 Å². The number of benzene rings is 2. The molecular weight excluding hydrogens is 475 g/mol. The molecule has 0 aliphatic carbocycles. The van der Waals surface area contributed by atoms with Gasteiger partial charge in [-0.25, -0.2) is 39.9 Å². The van der Waals surface area contributed by atoms with Crippen molar-refractivity contribution < 1.29 is 35.2 Å². The maximum absolute atomic E-state index is 14.3. The number of carbonyl (C=O) groups excluding carboxylic acids is 1. The molecule has 1 heterocycles. The van der Waals surface area contributed by atoms with E-state index in [0.29, 0.717) is 36.7 Å². The van der Waals surface area contributed by atoms with Crippen LogP contribution in [0, 0.1) is 29.1 Å². The standard InChI is InChI=1S/C17H12ClF5N2O3S2/c18-9-6-10(19)8(14-11(20)7-12(21)15(22)16(14)23)5-13(9)30(27,28)24-17(26)25-1-3-29-4-2-25/h5-7H,1-4H2,(H,24,26). The summed E-state index contributed by atoms with van der Waals surface area (Å²) in [7, 11) is -4.69. The predicted octanol–water partition coefficient (Wildman–Crippen LogP) is 4.15. The van der Waals surface area contributed by atoms with Gasteiger partial charge < -0.3 is 4.90 Å². The van der Waals surface area contributed by atoms with Gasteiger partial charge in [-0.15, -0.1) is 0 Å². The minimum Gasteiger partial charge on any atom is -0.322 e. The predicted molar refractivity (Wildman–Crippen MR) is 101 cm³/mol. The molecule has 0 aromatic heterocycles. The smallest absolute Gasteiger partial charge is 0.322 e. The molecule has 2 aromatic carbocycles. The van der Waals surface area contributed by atoms with Crippen LogP contribution in [-0.4, -0.2) is 43.9 Å². The molecule has 13 heteroatoms. The number of halogens is 6. The summed E-state index contributed by atoms with van der Waals surface area (Å²) in [4.78, 5) is 12.6. The van der Waals surface area contributed by atoms with Crippen molar-refractivity contribution in [1.82, 2.24) is 9.62 Å². The van der Waals surface area contributed by atoms with E-state index in [1.807, 2.05) is 0 Å². The van der Waals surface area contributed by atoms with Gasteiger partial charge in [0.2, 0.25) is 0 Å². The molecule has 1 fully saturated rings. The van der Waals surface area contributed by atoms with Gasteiger partial charge in [0.25, 0.3) is 10.0 Å². The van der Waals surface area contributed by atoms with Crippen LogP contribution in [0.15, 0.2) is 23.1 Å². The normalized spacial score (nSPS) is 14.7. The van der Waals surface area contributed by atoms with Gasteiger partial charge in [-0.05, 0) is 12.1 Å². The number of sulfonamides is 1. The first-order chi connectivity index (χ1) is 14.0. The molecule has 5 nitrogen and oxygen atoms in total. The van der Waals surface area contributed by atoms with Crippen LogP contribution in [0.5, 0.6) is 0 Å². The lowest BCUT2D eigenvalue weighted by atomic mass is 10.0. The summed E-state index contributed by atoms with van der Waals surface area (Å²) < 4.78 is 96.1. The number of nitrogens with zero attached hydrogens (tertiary/aromatic N) is 1. The highest BCUT2D eigenvalue weighted by Crippen LogP contribution is 2.35. The molecule has 2 amide bonds. The number of hydrogen-bond donors (Lipinski definition) is 1. The quantitative estimate of drug-likeness (QED) is 0.402. The van der Waals surface area contributed by atoms with Crippen LogP contribution >= 0.6 is 23.4 Å². The van der Waals surface area contributed by atoms with E-state index in [9.17, 15) is 35.2 Å². The molecule has 0 atom stereocenters. The zero-order valence-corrected chi connectivity index (χ0v) is 17.2. The van der Waals surface area contributed by atoms with Crippen LogP contribution in [0.4, 0.5) is 26.7 Å². The second-order valence-electron chi connectivity index (χ2n) is 6.12. The molecule has 0 bridgehead atoms. The monoisotopic (exact) mass is 486 g/mol. The van der Waals surface area contributed by atoms with Gasteiger partial charge in [0.15, 0.2) is 17.5 Å². The third-order valence-electron chi connectivity index (χ3n) is 4.21. The van der Waals surface area contributed by atoms with Gasteiger partial charge >= 0.3 is 6.03 Å². The van der Waals surface area contributed by atoms with Crippen molar-refractivity contribution in [2.75, 3.05) is 24.6 Å². The SMILES string of the molecule is O=C(NS(=O)(=O)c1cc(-c2c(F)cc(F)c(F)c2F)c(F)cc1Cl)N1CCSCC1. The molecule has 1 aliphatic rings. The summed E-state index contributed by atoms with van der Waals surface area (Å²) in [5.74, 6) is -7.81. The van der Waals surface area contributed by atoms with Crippen molar-refractivity contribution in [3.63, 3.8) is 0 Å². The Hall–Kier alpha value is -2.05. The summed E-state index contributed by atoms with van der Waals surface area (Å²) >= 11 is 7.35. The molecule has 0 saturated carbocycles. The number of nitrogens with one attached hydrogen (secondary N) is 1. The second-order valence-corrected chi connectivity index (χ2v) is 9.40.